The van der Waals surface area contributed by atoms with Crippen LogP contribution in [0.1, 0.15) is 38.2 Å². The molecule has 0 aromatic heterocycles. The van der Waals surface area contributed by atoms with Crippen molar-refractivity contribution in [3.8, 4) is 11.5 Å². The third kappa shape index (κ3) is 3.88. The maximum Gasteiger partial charge on any atom is 0.217 e. The monoisotopic (exact) mass is 263 g/mol. The number of methoxy groups -OCH3 is 1. The van der Waals surface area contributed by atoms with E-state index in [1.54, 1.807) is 7.11 Å². The Kier molecular flexibility index (Phi) is 4.66. The van der Waals surface area contributed by atoms with Crippen LogP contribution in [0.25, 0.3) is 0 Å². The number of rotatable bonds is 5. The van der Waals surface area contributed by atoms with Gasteiger partial charge in [0.2, 0.25) is 5.91 Å². The molecule has 0 bridgehead atoms. The van der Waals surface area contributed by atoms with E-state index in [9.17, 15) is 4.79 Å². The maximum absolute atomic E-state index is 11.0. The molecule has 0 saturated heterocycles. The molecule has 0 unspecified atom stereocenters. The lowest BCUT2D eigenvalue weighted by atomic mass is 10.1. The van der Waals surface area contributed by atoms with Crippen molar-refractivity contribution in [3.05, 3.63) is 23.8 Å². The molecule has 19 heavy (non-hydrogen) atoms. The molecule has 2 rings (SSSR count). The third-order valence-electron chi connectivity index (χ3n) is 3.40. The summed E-state index contributed by atoms with van der Waals surface area (Å²) in [5.74, 6) is 1.56. The zero-order valence-corrected chi connectivity index (χ0v) is 11.6. The summed E-state index contributed by atoms with van der Waals surface area (Å²) in [6.07, 6.45) is 4.97. The van der Waals surface area contributed by atoms with E-state index in [0.29, 0.717) is 12.6 Å². The Bertz CT molecular complexity index is 439. The van der Waals surface area contributed by atoms with E-state index in [1.165, 1.54) is 19.8 Å². The van der Waals surface area contributed by atoms with Crippen LogP contribution in [0.3, 0.4) is 0 Å². The molecular weight excluding hydrogens is 242 g/mol. The molecule has 1 aliphatic rings. The molecule has 104 valence electrons. The van der Waals surface area contributed by atoms with Gasteiger partial charge in [0, 0.05) is 25.1 Å². The van der Waals surface area contributed by atoms with Crippen molar-refractivity contribution >= 4 is 5.91 Å². The second kappa shape index (κ2) is 6.45. The number of hydrogen-bond donors (Lipinski definition) is 1. The van der Waals surface area contributed by atoms with Crippen LogP contribution in [0.2, 0.25) is 0 Å². The van der Waals surface area contributed by atoms with Crippen LogP contribution >= 0.6 is 0 Å². The summed E-state index contributed by atoms with van der Waals surface area (Å²) in [6.45, 7) is 2.00. The van der Waals surface area contributed by atoms with Gasteiger partial charge in [-0.3, -0.25) is 4.79 Å². The summed E-state index contributed by atoms with van der Waals surface area (Å²) in [5, 5.41) is 2.80. The predicted octanol–water partition coefficient (Wildman–Crippen LogP) is 2.65. The third-order valence-corrected chi connectivity index (χ3v) is 3.40. The van der Waals surface area contributed by atoms with Gasteiger partial charge in [0.25, 0.3) is 0 Å². The lowest BCUT2D eigenvalue weighted by molar-refractivity contribution is -0.119. The number of carbonyl (C=O) groups is 1. The van der Waals surface area contributed by atoms with Crippen molar-refractivity contribution in [3.63, 3.8) is 0 Å². The van der Waals surface area contributed by atoms with Gasteiger partial charge in [-0.15, -0.1) is 0 Å². The minimum absolute atomic E-state index is 0.0392. The van der Waals surface area contributed by atoms with Gasteiger partial charge in [0.15, 0.2) is 0 Å². The van der Waals surface area contributed by atoms with E-state index in [-0.39, 0.29) is 5.91 Å². The first-order valence-corrected chi connectivity index (χ1v) is 6.77. The molecule has 0 aliphatic heterocycles. The molecule has 0 heterocycles. The highest BCUT2D eigenvalue weighted by molar-refractivity contribution is 5.72. The Balaban J connectivity index is 2.12. The van der Waals surface area contributed by atoms with Crippen molar-refractivity contribution in [1.29, 1.82) is 0 Å². The highest BCUT2D eigenvalue weighted by Crippen LogP contribution is 2.29. The topological polar surface area (TPSA) is 47.6 Å². The van der Waals surface area contributed by atoms with Crippen LogP contribution in [0.5, 0.6) is 11.5 Å². The van der Waals surface area contributed by atoms with Crippen molar-refractivity contribution in [1.82, 2.24) is 5.32 Å². The molecule has 1 N–H and O–H groups in total. The first kappa shape index (κ1) is 13.7. The van der Waals surface area contributed by atoms with Crippen LogP contribution < -0.4 is 14.8 Å². The maximum atomic E-state index is 11.0. The Morgan fingerprint density at radius 3 is 2.74 bits per heavy atom. The number of ether oxygens (including phenoxy) is 2. The highest BCUT2D eigenvalue weighted by atomic mass is 16.5. The zero-order chi connectivity index (χ0) is 13.7. The highest BCUT2D eigenvalue weighted by Gasteiger charge is 2.18. The summed E-state index contributed by atoms with van der Waals surface area (Å²) >= 11 is 0. The zero-order valence-electron chi connectivity index (χ0n) is 11.6. The van der Waals surface area contributed by atoms with E-state index in [0.717, 1.165) is 29.9 Å². The number of hydrogen-bond acceptors (Lipinski definition) is 3. The molecule has 4 heteroatoms. The standard InChI is InChI=1S/C15H21NO3/c1-11(17)16-10-12-7-8-14(18-2)9-15(12)19-13-5-3-4-6-13/h7-9,13H,3-6,10H2,1-2H3,(H,16,17). The van der Waals surface area contributed by atoms with Gasteiger partial charge in [-0.1, -0.05) is 0 Å². The summed E-state index contributed by atoms with van der Waals surface area (Å²) in [7, 11) is 1.64. The van der Waals surface area contributed by atoms with E-state index in [2.05, 4.69) is 5.32 Å². The minimum Gasteiger partial charge on any atom is -0.497 e. The Hall–Kier alpha value is -1.71. The first-order valence-electron chi connectivity index (χ1n) is 6.77. The van der Waals surface area contributed by atoms with E-state index < -0.39 is 0 Å². The van der Waals surface area contributed by atoms with Crippen LogP contribution in [0.4, 0.5) is 0 Å². The second-order valence-corrected chi connectivity index (χ2v) is 4.91. The SMILES string of the molecule is COc1ccc(CNC(C)=O)c(OC2CCCC2)c1. The second-order valence-electron chi connectivity index (χ2n) is 4.91. The molecule has 1 saturated carbocycles. The van der Waals surface area contributed by atoms with Gasteiger partial charge in [-0.05, 0) is 37.8 Å². The van der Waals surface area contributed by atoms with Gasteiger partial charge >= 0.3 is 0 Å². The summed E-state index contributed by atoms with van der Waals surface area (Å²) < 4.78 is 11.3. The Morgan fingerprint density at radius 2 is 2.11 bits per heavy atom. The summed E-state index contributed by atoms with van der Waals surface area (Å²) in [4.78, 5) is 11.0. The number of amides is 1. The fourth-order valence-electron chi connectivity index (χ4n) is 2.32. The van der Waals surface area contributed by atoms with Crippen molar-refractivity contribution in [2.24, 2.45) is 0 Å². The molecule has 0 radical (unpaired) electrons. The molecule has 1 fully saturated rings. The number of benzene rings is 1. The normalized spacial score (nSPS) is 15.3. The van der Waals surface area contributed by atoms with Crippen molar-refractivity contribution in [2.75, 3.05) is 7.11 Å². The molecule has 0 atom stereocenters. The van der Waals surface area contributed by atoms with E-state index in [1.807, 2.05) is 18.2 Å². The largest absolute Gasteiger partial charge is 0.497 e. The number of nitrogens with one attached hydrogen (secondary N) is 1. The Labute approximate surface area is 114 Å². The molecule has 0 spiro atoms. The lowest BCUT2D eigenvalue weighted by Gasteiger charge is -2.17. The van der Waals surface area contributed by atoms with Crippen LogP contribution in [-0.2, 0) is 11.3 Å². The molecule has 1 aromatic rings. The summed E-state index contributed by atoms with van der Waals surface area (Å²) in [6, 6.07) is 5.73. The average molecular weight is 263 g/mol. The Morgan fingerprint density at radius 1 is 1.37 bits per heavy atom. The fraction of sp³-hybridized carbons (Fsp3) is 0.533. The first-order chi connectivity index (χ1) is 9.19. The van der Waals surface area contributed by atoms with Crippen molar-refractivity contribution in [2.45, 2.75) is 45.3 Å². The molecule has 1 aromatic carbocycles. The van der Waals surface area contributed by atoms with Gasteiger partial charge in [-0.2, -0.15) is 0 Å². The van der Waals surface area contributed by atoms with Gasteiger partial charge in [-0.25, -0.2) is 0 Å². The minimum atomic E-state index is -0.0392. The van der Waals surface area contributed by atoms with E-state index in [4.69, 9.17) is 9.47 Å². The van der Waals surface area contributed by atoms with Crippen LogP contribution in [0, 0.1) is 0 Å². The summed E-state index contributed by atoms with van der Waals surface area (Å²) in [5.41, 5.74) is 0.989. The molecule has 4 nitrogen and oxygen atoms in total. The fourth-order valence-corrected chi connectivity index (χ4v) is 2.32. The number of carbonyl (C=O) groups excluding carboxylic acids is 1. The van der Waals surface area contributed by atoms with Crippen LogP contribution in [0.15, 0.2) is 18.2 Å². The van der Waals surface area contributed by atoms with Crippen molar-refractivity contribution < 1.29 is 14.3 Å². The van der Waals surface area contributed by atoms with Gasteiger partial charge in [0.1, 0.15) is 11.5 Å². The molecule has 1 amide bonds. The predicted molar refractivity (Wildman–Crippen MR) is 73.4 cm³/mol. The lowest BCUT2D eigenvalue weighted by Crippen LogP contribution is -2.20. The van der Waals surface area contributed by atoms with Crippen LogP contribution in [-0.4, -0.2) is 19.1 Å². The van der Waals surface area contributed by atoms with E-state index >= 15 is 0 Å². The quantitative estimate of drug-likeness (QED) is 0.888. The van der Waals surface area contributed by atoms with Gasteiger partial charge in [0.05, 0.1) is 13.2 Å². The molecular formula is C15H21NO3. The smallest absolute Gasteiger partial charge is 0.217 e. The average Bonchev–Trinajstić information content (AvgIpc) is 2.90. The van der Waals surface area contributed by atoms with Gasteiger partial charge < -0.3 is 14.8 Å². The molecule has 1 aliphatic carbocycles.